The second kappa shape index (κ2) is 29.0. The first-order chi connectivity index (χ1) is 48.8. The van der Waals surface area contributed by atoms with Gasteiger partial charge in [-0.15, -0.1) is 0 Å². The lowest BCUT2D eigenvalue weighted by atomic mass is 9.78. The monoisotopic (exact) mass is 1740 g/mol. The zero-order valence-electron chi connectivity index (χ0n) is 51.9. The Balaban J connectivity index is 1.93. The Morgan fingerprint density at radius 2 is 0.505 bits per heavy atom. The maximum atomic E-state index is 15.0. The van der Waals surface area contributed by atoms with Crippen LogP contribution in [-0.4, -0.2) is 169 Å². The summed E-state index contributed by atoms with van der Waals surface area (Å²) in [6.07, 6.45) is -43.1. The van der Waals surface area contributed by atoms with Gasteiger partial charge < -0.3 is 18.9 Å². The van der Waals surface area contributed by atoms with Crippen molar-refractivity contribution in [2.75, 3.05) is 19.8 Å². The first kappa shape index (κ1) is 96.3. The molecule has 640 valence electrons. The van der Waals surface area contributed by atoms with Crippen molar-refractivity contribution >= 4 is 5.97 Å². The number of halogens is 51. The topological polar surface area (TPSA) is 54.0 Å². The second-order valence-corrected chi connectivity index (χ2v) is 23.3. The smallest absolute Gasteiger partial charge is 0.460 e. The molecule has 0 aliphatic heterocycles. The van der Waals surface area contributed by atoms with Crippen molar-refractivity contribution in [1.29, 1.82) is 0 Å². The van der Waals surface area contributed by atoms with Crippen LogP contribution in [0.4, 0.5) is 224 Å². The fourth-order valence-electron chi connectivity index (χ4n) is 9.37. The highest BCUT2D eigenvalue weighted by Crippen LogP contribution is 2.69. The minimum atomic E-state index is -9.27. The minimum Gasteiger partial charge on any atom is -0.490 e. The standard InChI is InChI=1S/C55H33F51O5/c56-32(57,35(62,63)38(68,69)41(74,75)44(80,81)47(86,87)50(92,93)53(98,99)100)12-5-15-108-27-18-22(21-111-31(107)29-25-10-3-1-8-23(25)20-24-9-2-4-11-26(24)29)19-28(109-16-6-13-33(58,59)36(64,65)39(70,71)42(76,77)45(82,83)48(88,89)51(94,95)54(101,102)103)30(27)110-17-7-14-34(60,61)37(66,67)40(72,73)43(78,79)46(84,85)49(90,91)52(96,97)55(104,105)106/h1-4,8-11,18-19,29H,5-7,12-17,20-21H2. The number of alkyl halides is 51. The van der Waals surface area contributed by atoms with Gasteiger partial charge in [0.25, 0.3) is 0 Å². The van der Waals surface area contributed by atoms with E-state index in [2.05, 4.69) is 4.74 Å². The van der Waals surface area contributed by atoms with Crippen LogP contribution in [-0.2, 0) is 22.6 Å². The van der Waals surface area contributed by atoms with E-state index in [9.17, 15) is 202 Å². The van der Waals surface area contributed by atoms with Crippen LogP contribution in [0.1, 0.15) is 72.3 Å². The Hall–Kier alpha value is -7.04. The third-order valence-corrected chi connectivity index (χ3v) is 15.8. The average Bonchev–Trinajstić information content (AvgIpc) is 0.704. The van der Waals surface area contributed by atoms with Gasteiger partial charge in [-0.05, 0) is 65.6 Å². The van der Waals surface area contributed by atoms with Crippen LogP contribution >= 0.6 is 0 Å². The number of ether oxygens (including phenoxy) is 4. The molecule has 3 aromatic rings. The van der Waals surface area contributed by atoms with Crippen molar-refractivity contribution in [1.82, 2.24) is 0 Å². The number of hydrogen-bond donors (Lipinski definition) is 0. The summed E-state index contributed by atoms with van der Waals surface area (Å²) in [6, 6.07) is 10.2. The van der Waals surface area contributed by atoms with E-state index in [0.717, 1.165) is 0 Å². The Bertz CT molecular complexity index is 3580. The van der Waals surface area contributed by atoms with E-state index >= 15 is 26.3 Å². The third kappa shape index (κ3) is 14.9. The van der Waals surface area contributed by atoms with Crippen LogP contribution < -0.4 is 14.2 Å². The molecule has 0 saturated carbocycles. The summed E-state index contributed by atoms with van der Waals surface area (Å²) in [5, 5.41) is 0. The summed E-state index contributed by atoms with van der Waals surface area (Å²) in [5.41, 5.74) is -0.631. The number of fused-ring (bicyclic) bond motifs is 2. The Morgan fingerprint density at radius 1 is 0.288 bits per heavy atom. The molecule has 0 radical (unpaired) electrons. The molecule has 0 saturated heterocycles. The zero-order chi connectivity index (χ0) is 87.5. The predicted octanol–water partition coefficient (Wildman–Crippen LogP) is 23.0. The number of esters is 1. The molecule has 5 nitrogen and oxygen atoms in total. The van der Waals surface area contributed by atoms with Gasteiger partial charge >= 0.3 is 149 Å². The van der Waals surface area contributed by atoms with Gasteiger partial charge in [-0.25, -0.2) is 0 Å². The molecule has 1 aliphatic rings. The predicted molar refractivity (Wildman–Crippen MR) is 260 cm³/mol. The van der Waals surface area contributed by atoms with Crippen LogP contribution in [0.15, 0.2) is 60.7 Å². The number of benzene rings is 3. The van der Waals surface area contributed by atoms with Gasteiger partial charge in [-0.3, -0.25) is 4.79 Å². The van der Waals surface area contributed by atoms with E-state index in [0.29, 0.717) is 0 Å². The fourth-order valence-corrected chi connectivity index (χ4v) is 9.37. The molecule has 56 heteroatoms. The third-order valence-electron chi connectivity index (χ3n) is 15.8. The summed E-state index contributed by atoms with van der Waals surface area (Å²) in [5.74, 6) is -193. The molecule has 3 aromatic carbocycles. The van der Waals surface area contributed by atoms with Gasteiger partial charge in [0.05, 0.1) is 19.8 Å². The molecule has 1 aliphatic carbocycles. The van der Waals surface area contributed by atoms with Gasteiger partial charge in [0.2, 0.25) is 5.75 Å². The highest BCUT2D eigenvalue weighted by Gasteiger charge is 2.99. The van der Waals surface area contributed by atoms with Gasteiger partial charge in [0.1, 0.15) is 12.5 Å². The number of hydrogen-bond acceptors (Lipinski definition) is 5. The van der Waals surface area contributed by atoms with E-state index in [-0.39, 0.29) is 40.8 Å². The molecule has 0 spiro atoms. The van der Waals surface area contributed by atoms with Crippen molar-refractivity contribution < 1.29 is 248 Å². The fraction of sp³-hybridized carbons (Fsp3) is 0.655. The van der Waals surface area contributed by atoms with E-state index in [1.54, 1.807) is 0 Å². The van der Waals surface area contributed by atoms with Gasteiger partial charge in [-0.2, -0.15) is 224 Å². The van der Waals surface area contributed by atoms with Gasteiger partial charge in [-0.1, -0.05) is 48.5 Å². The normalized spacial score (nSPS) is 16.0. The lowest BCUT2D eigenvalue weighted by molar-refractivity contribution is -0.461. The SMILES string of the molecule is O=C(OCc1cc(OCCCC(F)(F)C(F)(F)C(F)(F)C(F)(F)C(F)(F)C(F)(F)C(F)(F)C(F)(F)F)c(OCCCC(F)(F)C(F)(F)C(F)(F)C(F)(F)C(F)(F)C(F)(F)C(F)(F)C(F)(F)F)c(OCCCC(F)(F)C(F)(F)C(F)(F)C(F)(F)C(F)(F)C(F)(F)C(F)(F)C(F)(F)F)c1)C1c2ccccc2Cc2ccccc21. The molecule has 111 heavy (non-hydrogen) atoms. The minimum absolute atomic E-state index is 0.0135. The molecular formula is C55H33F51O5. The van der Waals surface area contributed by atoms with E-state index in [1.807, 2.05) is 0 Å². The molecule has 0 fully saturated rings. The number of rotatable bonds is 36. The highest BCUT2D eigenvalue weighted by molar-refractivity contribution is 5.84. The Morgan fingerprint density at radius 3 is 0.748 bits per heavy atom. The molecule has 4 rings (SSSR count). The molecule has 0 heterocycles. The quantitative estimate of drug-likeness (QED) is 0.0330. The van der Waals surface area contributed by atoms with Crippen LogP contribution in [0.25, 0.3) is 0 Å². The van der Waals surface area contributed by atoms with Crippen LogP contribution in [0.5, 0.6) is 17.2 Å². The van der Waals surface area contributed by atoms with E-state index < -0.39 is 243 Å². The summed E-state index contributed by atoms with van der Waals surface area (Å²) in [6.45, 7) is -8.87. The van der Waals surface area contributed by atoms with Crippen molar-refractivity contribution in [3.63, 3.8) is 0 Å². The van der Waals surface area contributed by atoms with Crippen LogP contribution in [0.2, 0.25) is 0 Å². The average molecular weight is 1740 g/mol. The zero-order valence-corrected chi connectivity index (χ0v) is 51.9. The highest BCUT2D eigenvalue weighted by atomic mass is 19.5. The molecule has 0 bridgehead atoms. The maximum absolute atomic E-state index is 15.0. The molecule has 0 aromatic heterocycles. The summed E-state index contributed by atoms with van der Waals surface area (Å²) < 4.78 is 733. The summed E-state index contributed by atoms with van der Waals surface area (Å²) >= 11 is 0. The lowest BCUT2D eigenvalue weighted by Gasteiger charge is -2.42. The largest absolute Gasteiger partial charge is 0.490 e. The number of carbonyl (C=O) groups is 1. The Labute approximate surface area is 579 Å². The summed E-state index contributed by atoms with van der Waals surface area (Å²) in [7, 11) is 0. The van der Waals surface area contributed by atoms with E-state index in [4.69, 9.17) is 14.2 Å². The molecule has 0 unspecified atom stereocenters. The molecular weight excluding hydrogens is 1710 g/mol. The van der Waals surface area contributed by atoms with Crippen LogP contribution in [0.3, 0.4) is 0 Å². The van der Waals surface area contributed by atoms with Crippen molar-refractivity contribution in [2.24, 2.45) is 0 Å². The Kier molecular flexibility index (Phi) is 25.2. The van der Waals surface area contributed by atoms with Crippen molar-refractivity contribution in [2.45, 2.75) is 200 Å². The molecule has 0 atom stereocenters. The van der Waals surface area contributed by atoms with E-state index in [1.165, 1.54) is 48.5 Å². The van der Waals surface area contributed by atoms with Crippen molar-refractivity contribution in [3.05, 3.63) is 88.5 Å². The van der Waals surface area contributed by atoms with Gasteiger partial charge in [0.15, 0.2) is 11.5 Å². The number of carbonyl (C=O) groups excluding carboxylic acids is 1. The maximum Gasteiger partial charge on any atom is 0.460 e. The second-order valence-electron chi connectivity index (χ2n) is 23.3. The van der Waals surface area contributed by atoms with Crippen LogP contribution in [0, 0.1) is 0 Å². The van der Waals surface area contributed by atoms with Crippen molar-refractivity contribution in [3.8, 4) is 17.2 Å². The van der Waals surface area contributed by atoms with Gasteiger partial charge in [0, 0.05) is 19.3 Å². The first-order valence-corrected chi connectivity index (χ1v) is 28.4. The molecule has 0 amide bonds. The first-order valence-electron chi connectivity index (χ1n) is 28.4. The molecule has 0 N–H and O–H groups in total. The lowest BCUT2D eigenvalue weighted by Crippen LogP contribution is -2.74. The summed E-state index contributed by atoms with van der Waals surface area (Å²) in [4.78, 5) is 13.9.